The lowest BCUT2D eigenvalue weighted by atomic mass is 9.89. The first-order valence-corrected chi connectivity index (χ1v) is 6.83. The fraction of sp³-hybridized carbons (Fsp3) is 0.769. The van der Waals surface area contributed by atoms with E-state index < -0.39 is 0 Å². The van der Waals surface area contributed by atoms with Gasteiger partial charge in [-0.3, -0.25) is 16.0 Å². The predicted molar refractivity (Wildman–Crippen MR) is 69.2 cm³/mol. The van der Waals surface area contributed by atoms with E-state index in [1.807, 2.05) is 10.9 Å². The second kappa shape index (κ2) is 6.17. The summed E-state index contributed by atoms with van der Waals surface area (Å²) in [4.78, 5) is 0. The van der Waals surface area contributed by atoms with E-state index in [1.165, 1.54) is 44.1 Å². The number of nitrogens with zero attached hydrogens (tertiary/aromatic N) is 2. The highest BCUT2D eigenvalue weighted by Gasteiger charge is 2.24. The number of nitrogens with two attached hydrogens (primary N) is 1. The van der Waals surface area contributed by atoms with Crippen molar-refractivity contribution in [3.05, 3.63) is 18.0 Å². The van der Waals surface area contributed by atoms with Gasteiger partial charge in [-0.05, 0) is 25.7 Å². The minimum absolute atomic E-state index is 0.272. The molecule has 0 spiro atoms. The maximum atomic E-state index is 5.75. The first-order chi connectivity index (χ1) is 8.35. The summed E-state index contributed by atoms with van der Waals surface area (Å²) in [5.74, 6) is 6.41. The molecule has 0 bridgehead atoms. The summed E-state index contributed by atoms with van der Waals surface area (Å²) < 4.78 is 1.97. The molecule has 4 nitrogen and oxygen atoms in total. The van der Waals surface area contributed by atoms with Gasteiger partial charge in [-0.15, -0.1) is 0 Å². The number of hydrazine groups is 1. The second-order valence-corrected chi connectivity index (χ2v) is 5.03. The van der Waals surface area contributed by atoms with Gasteiger partial charge in [0, 0.05) is 18.3 Å². The molecule has 1 heterocycles. The summed E-state index contributed by atoms with van der Waals surface area (Å²) in [6.07, 6.45) is 12.1. The molecule has 0 radical (unpaired) electrons. The summed E-state index contributed by atoms with van der Waals surface area (Å²) >= 11 is 0. The SMILES string of the molecule is CCn1cc(C(NN)C2CCCCCC2)cn1. The van der Waals surface area contributed by atoms with Gasteiger partial charge in [0.1, 0.15) is 0 Å². The number of aromatic nitrogens is 2. The van der Waals surface area contributed by atoms with Gasteiger partial charge >= 0.3 is 0 Å². The molecule has 2 rings (SSSR count). The summed E-state index contributed by atoms with van der Waals surface area (Å²) in [6, 6.07) is 0.272. The monoisotopic (exact) mass is 236 g/mol. The topological polar surface area (TPSA) is 55.9 Å². The van der Waals surface area contributed by atoms with Crippen molar-refractivity contribution in [3.63, 3.8) is 0 Å². The average Bonchev–Trinajstić information content (AvgIpc) is 2.66. The van der Waals surface area contributed by atoms with Crippen molar-refractivity contribution < 1.29 is 0 Å². The van der Waals surface area contributed by atoms with E-state index in [-0.39, 0.29) is 6.04 Å². The maximum Gasteiger partial charge on any atom is 0.0538 e. The van der Waals surface area contributed by atoms with Crippen molar-refractivity contribution in [3.8, 4) is 0 Å². The molecule has 1 aliphatic carbocycles. The van der Waals surface area contributed by atoms with E-state index in [9.17, 15) is 0 Å². The fourth-order valence-corrected chi connectivity index (χ4v) is 2.86. The van der Waals surface area contributed by atoms with Crippen LogP contribution in [0.1, 0.15) is 57.1 Å². The molecule has 1 atom stereocenters. The van der Waals surface area contributed by atoms with Crippen LogP contribution in [-0.2, 0) is 6.54 Å². The van der Waals surface area contributed by atoms with Crippen molar-refractivity contribution in [2.45, 2.75) is 58.0 Å². The van der Waals surface area contributed by atoms with Gasteiger partial charge in [0.25, 0.3) is 0 Å². The van der Waals surface area contributed by atoms with E-state index in [0.29, 0.717) is 5.92 Å². The highest BCUT2D eigenvalue weighted by atomic mass is 15.3. The molecule has 1 aromatic heterocycles. The van der Waals surface area contributed by atoms with Crippen LogP contribution in [-0.4, -0.2) is 9.78 Å². The number of hydrogen-bond donors (Lipinski definition) is 2. The molecule has 96 valence electrons. The Morgan fingerprint density at radius 1 is 1.41 bits per heavy atom. The normalized spacial score (nSPS) is 20.1. The molecular formula is C13H24N4. The van der Waals surface area contributed by atoms with Gasteiger partial charge in [-0.25, -0.2) is 0 Å². The predicted octanol–water partition coefficient (Wildman–Crippen LogP) is 2.38. The van der Waals surface area contributed by atoms with Gasteiger partial charge < -0.3 is 0 Å². The largest absolute Gasteiger partial charge is 0.273 e. The molecule has 1 unspecified atom stereocenters. The molecular weight excluding hydrogens is 212 g/mol. The molecule has 0 aromatic carbocycles. The van der Waals surface area contributed by atoms with Crippen LogP contribution in [0.25, 0.3) is 0 Å². The minimum Gasteiger partial charge on any atom is -0.273 e. The summed E-state index contributed by atoms with van der Waals surface area (Å²) in [7, 11) is 0. The lowest BCUT2D eigenvalue weighted by molar-refractivity contribution is 0.329. The van der Waals surface area contributed by atoms with Crippen LogP contribution >= 0.6 is 0 Å². The third kappa shape index (κ3) is 3.07. The van der Waals surface area contributed by atoms with Crippen LogP contribution < -0.4 is 11.3 Å². The molecule has 0 saturated heterocycles. The average molecular weight is 236 g/mol. The molecule has 1 aromatic rings. The van der Waals surface area contributed by atoms with E-state index in [0.717, 1.165) is 6.54 Å². The lowest BCUT2D eigenvalue weighted by Gasteiger charge is -2.24. The van der Waals surface area contributed by atoms with Gasteiger partial charge in [-0.2, -0.15) is 5.10 Å². The Morgan fingerprint density at radius 3 is 2.65 bits per heavy atom. The molecule has 0 aliphatic heterocycles. The molecule has 1 aliphatic rings. The Bertz CT molecular complexity index is 326. The molecule has 17 heavy (non-hydrogen) atoms. The summed E-state index contributed by atoms with van der Waals surface area (Å²) in [5.41, 5.74) is 4.24. The Hall–Kier alpha value is -0.870. The van der Waals surface area contributed by atoms with Crippen LogP contribution in [0.3, 0.4) is 0 Å². The van der Waals surface area contributed by atoms with E-state index in [1.54, 1.807) is 0 Å². The maximum absolute atomic E-state index is 5.75. The van der Waals surface area contributed by atoms with E-state index >= 15 is 0 Å². The number of aryl methyl sites for hydroxylation is 1. The zero-order valence-corrected chi connectivity index (χ0v) is 10.7. The Labute approximate surface area is 104 Å². The first-order valence-electron chi connectivity index (χ1n) is 6.83. The highest BCUT2D eigenvalue weighted by Crippen LogP contribution is 2.32. The van der Waals surface area contributed by atoms with Gasteiger partial charge in [-0.1, -0.05) is 25.7 Å². The highest BCUT2D eigenvalue weighted by molar-refractivity contribution is 5.11. The van der Waals surface area contributed by atoms with Crippen molar-refractivity contribution in [1.29, 1.82) is 0 Å². The quantitative estimate of drug-likeness (QED) is 0.479. The number of rotatable bonds is 4. The number of nitrogens with one attached hydrogen (secondary N) is 1. The first kappa shape index (κ1) is 12.6. The zero-order valence-electron chi connectivity index (χ0n) is 10.7. The van der Waals surface area contributed by atoms with Crippen molar-refractivity contribution >= 4 is 0 Å². The van der Waals surface area contributed by atoms with Crippen molar-refractivity contribution in [2.75, 3.05) is 0 Å². The number of hydrogen-bond acceptors (Lipinski definition) is 3. The van der Waals surface area contributed by atoms with Gasteiger partial charge in [0.15, 0.2) is 0 Å². The molecule has 1 fully saturated rings. The van der Waals surface area contributed by atoms with Crippen LogP contribution in [0.2, 0.25) is 0 Å². The third-order valence-corrected chi connectivity index (χ3v) is 3.89. The summed E-state index contributed by atoms with van der Waals surface area (Å²) in [5, 5.41) is 4.34. The Kier molecular flexibility index (Phi) is 4.57. The second-order valence-electron chi connectivity index (χ2n) is 5.03. The summed E-state index contributed by atoms with van der Waals surface area (Å²) in [6.45, 7) is 3.02. The zero-order chi connectivity index (χ0) is 12.1. The van der Waals surface area contributed by atoms with E-state index in [2.05, 4.69) is 23.6 Å². The van der Waals surface area contributed by atoms with Crippen LogP contribution in [0.5, 0.6) is 0 Å². The van der Waals surface area contributed by atoms with Crippen molar-refractivity contribution in [1.82, 2.24) is 15.2 Å². The molecule has 4 heteroatoms. The van der Waals surface area contributed by atoms with Gasteiger partial charge in [0.05, 0.1) is 12.2 Å². The van der Waals surface area contributed by atoms with Gasteiger partial charge in [0.2, 0.25) is 0 Å². The molecule has 1 saturated carbocycles. The van der Waals surface area contributed by atoms with Crippen LogP contribution in [0.15, 0.2) is 12.4 Å². The smallest absolute Gasteiger partial charge is 0.0538 e. The Morgan fingerprint density at radius 2 is 2.12 bits per heavy atom. The molecule has 3 N–H and O–H groups in total. The van der Waals surface area contributed by atoms with Crippen molar-refractivity contribution in [2.24, 2.45) is 11.8 Å². The fourth-order valence-electron chi connectivity index (χ4n) is 2.86. The third-order valence-electron chi connectivity index (χ3n) is 3.89. The standard InChI is InChI=1S/C13H24N4/c1-2-17-10-12(9-15-17)13(16-14)11-7-5-3-4-6-8-11/h9-11,13,16H,2-8,14H2,1H3. The molecule has 0 amide bonds. The van der Waals surface area contributed by atoms with Crippen LogP contribution in [0, 0.1) is 5.92 Å². The van der Waals surface area contributed by atoms with Crippen LogP contribution in [0.4, 0.5) is 0 Å². The van der Waals surface area contributed by atoms with E-state index in [4.69, 9.17) is 5.84 Å². The Balaban J connectivity index is 2.08. The lowest BCUT2D eigenvalue weighted by Crippen LogP contribution is -2.33. The minimum atomic E-state index is 0.272.